The molecule has 0 amide bonds. The minimum Gasteiger partial charge on any atom is -0.257 e. The smallest absolute Gasteiger partial charge is 0.214 e. The number of hydrogen-bond donors (Lipinski definition) is 0. The van der Waals surface area contributed by atoms with Crippen LogP contribution in [0.25, 0.3) is 0 Å². The summed E-state index contributed by atoms with van der Waals surface area (Å²) in [7, 11) is -3.14. The topological polar surface area (TPSA) is 50.3 Å². The fourth-order valence-electron chi connectivity index (χ4n) is 1.66. The Morgan fingerprint density at radius 3 is 2.53 bits per heavy atom. The zero-order valence-corrected chi connectivity index (χ0v) is 11.5. The van der Waals surface area contributed by atoms with Crippen LogP contribution in [0.2, 0.25) is 0 Å². The van der Waals surface area contributed by atoms with Crippen LogP contribution in [0.1, 0.15) is 31.7 Å². The summed E-state index contributed by atoms with van der Waals surface area (Å²) >= 11 is 0. The summed E-state index contributed by atoms with van der Waals surface area (Å²) < 4.78 is 25.4. The second kappa shape index (κ2) is 6.12. The number of pyridine rings is 1. The quantitative estimate of drug-likeness (QED) is 0.781. The molecule has 0 bridgehead atoms. The van der Waals surface area contributed by atoms with Crippen LogP contribution in [0.5, 0.6) is 0 Å². The Labute approximate surface area is 104 Å². The summed E-state index contributed by atoms with van der Waals surface area (Å²) in [5.41, 5.74) is 1.71. The van der Waals surface area contributed by atoms with E-state index in [4.69, 9.17) is 0 Å². The molecular weight excluding hydrogens is 236 g/mol. The van der Waals surface area contributed by atoms with Crippen LogP contribution in [0.15, 0.2) is 18.2 Å². The van der Waals surface area contributed by atoms with Gasteiger partial charge in [-0.15, -0.1) is 0 Å². The van der Waals surface area contributed by atoms with E-state index in [2.05, 4.69) is 4.98 Å². The molecule has 0 saturated carbocycles. The number of nitrogens with zero attached hydrogens (tertiary/aromatic N) is 2. The van der Waals surface area contributed by atoms with E-state index < -0.39 is 10.0 Å². The molecule has 17 heavy (non-hydrogen) atoms. The Kier molecular flexibility index (Phi) is 5.08. The van der Waals surface area contributed by atoms with E-state index in [0.717, 1.165) is 11.4 Å². The first-order valence-electron chi connectivity index (χ1n) is 5.90. The molecule has 0 aliphatic rings. The molecule has 96 valence electrons. The Morgan fingerprint density at radius 1 is 1.29 bits per heavy atom. The van der Waals surface area contributed by atoms with E-state index in [0.29, 0.717) is 19.5 Å². The fraction of sp³-hybridized carbons (Fsp3) is 0.583. The molecule has 0 atom stereocenters. The average Bonchev–Trinajstić information content (AvgIpc) is 2.25. The normalized spacial score (nSPS) is 12.0. The third-order valence-electron chi connectivity index (χ3n) is 2.49. The van der Waals surface area contributed by atoms with E-state index in [-0.39, 0.29) is 5.75 Å². The Bertz CT molecular complexity index is 457. The minimum absolute atomic E-state index is 0.201. The molecule has 0 radical (unpaired) electrons. The first-order valence-corrected chi connectivity index (χ1v) is 7.51. The maximum absolute atomic E-state index is 11.9. The lowest BCUT2D eigenvalue weighted by molar-refractivity contribution is 0.418. The Hall–Kier alpha value is -0.940. The van der Waals surface area contributed by atoms with Gasteiger partial charge in [-0.05, 0) is 25.5 Å². The van der Waals surface area contributed by atoms with Crippen molar-refractivity contribution in [3.05, 3.63) is 29.6 Å². The van der Waals surface area contributed by atoms with Gasteiger partial charge < -0.3 is 0 Å². The predicted octanol–water partition coefficient (Wildman–Crippen LogP) is 1.95. The van der Waals surface area contributed by atoms with Crippen molar-refractivity contribution < 1.29 is 8.42 Å². The van der Waals surface area contributed by atoms with Crippen LogP contribution < -0.4 is 0 Å². The van der Waals surface area contributed by atoms with Gasteiger partial charge in [0.15, 0.2) is 0 Å². The molecule has 1 heterocycles. The Morgan fingerprint density at radius 2 is 2.00 bits per heavy atom. The van der Waals surface area contributed by atoms with Crippen molar-refractivity contribution in [2.45, 2.75) is 33.7 Å². The van der Waals surface area contributed by atoms with Gasteiger partial charge in [0.05, 0.1) is 18.0 Å². The van der Waals surface area contributed by atoms with Crippen LogP contribution in [-0.2, 0) is 16.6 Å². The zero-order valence-electron chi connectivity index (χ0n) is 10.7. The van der Waals surface area contributed by atoms with Gasteiger partial charge in [0, 0.05) is 12.2 Å². The van der Waals surface area contributed by atoms with E-state index in [1.54, 1.807) is 0 Å². The number of hydrogen-bond acceptors (Lipinski definition) is 3. The van der Waals surface area contributed by atoms with Crippen LogP contribution in [0, 0.1) is 6.92 Å². The standard InChI is InChI=1S/C12H20N2O2S/c1-4-9-17(15,16)14(5-2)10-12-8-6-7-11(3)13-12/h6-8H,4-5,9-10H2,1-3H3. The van der Waals surface area contributed by atoms with Gasteiger partial charge in [0.2, 0.25) is 10.0 Å². The van der Waals surface area contributed by atoms with E-state index in [1.807, 2.05) is 39.0 Å². The largest absolute Gasteiger partial charge is 0.257 e. The van der Waals surface area contributed by atoms with Crippen molar-refractivity contribution in [1.82, 2.24) is 9.29 Å². The first-order chi connectivity index (χ1) is 7.99. The van der Waals surface area contributed by atoms with Gasteiger partial charge in [-0.2, -0.15) is 4.31 Å². The third-order valence-corrected chi connectivity index (χ3v) is 4.59. The molecule has 1 aromatic rings. The van der Waals surface area contributed by atoms with Gasteiger partial charge in [-0.3, -0.25) is 4.98 Å². The lowest BCUT2D eigenvalue weighted by atomic mass is 10.3. The highest BCUT2D eigenvalue weighted by molar-refractivity contribution is 7.89. The van der Waals surface area contributed by atoms with Crippen molar-refractivity contribution in [3.63, 3.8) is 0 Å². The van der Waals surface area contributed by atoms with E-state index in [9.17, 15) is 8.42 Å². The fourth-order valence-corrected chi connectivity index (χ4v) is 3.16. The molecule has 1 rings (SSSR count). The van der Waals surface area contributed by atoms with Crippen LogP contribution >= 0.6 is 0 Å². The van der Waals surface area contributed by atoms with Crippen molar-refractivity contribution in [2.24, 2.45) is 0 Å². The highest BCUT2D eigenvalue weighted by Gasteiger charge is 2.19. The number of aryl methyl sites for hydroxylation is 1. The third kappa shape index (κ3) is 4.09. The molecule has 0 unspecified atom stereocenters. The first kappa shape index (κ1) is 14.1. The van der Waals surface area contributed by atoms with Gasteiger partial charge in [-0.25, -0.2) is 8.42 Å². The van der Waals surface area contributed by atoms with Gasteiger partial charge in [0.1, 0.15) is 0 Å². The minimum atomic E-state index is -3.14. The highest BCUT2D eigenvalue weighted by Crippen LogP contribution is 2.09. The molecule has 0 aliphatic heterocycles. The van der Waals surface area contributed by atoms with Crippen molar-refractivity contribution in [1.29, 1.82) is 0 Å². The molecule has 0 aromatic carbocycles. The molecule has 0 aliphatic carbocycles. The second-order valence-corrected chi connectivity index (χ2v) is 6.10. The van der Waals surface area contributed by atoms with Crippen molar-refractivity contribution in [2.75, 3.05) is 12.3 Å². The lowest BCUT2D eigenvalue weighted by Crippen LogP contribution is -2.32. The average molecular weight is 256 g/mol. The lowest BCUT2D eigenvalue weighted by Gasteiger charge is -2.19. The van der Waals surface area contributed by atoms with Crippen molar-refractivity contribution >= 4 is 10.0 Å². The molecule has 1 aromatic heterocycles. The summed E-state index contributed by atoms with van der Waals surface area (Å²) in [5.74, 6) is 0.201. The monoisotopic (exact) mass is 256 g/mol. The van der Waals surface area contributed by atoms with Gasteiger partial charge in [-0.1, -0.05) is 19.9 Å². The Balaban J connectivity index is 2.84. The van der Waals surface area contributed by atoms with Crippen LogP contribution in [0.4, 0.5) is 0 Å². The number of sulfonamides is 1. The van der Waals surface area contributed by atoms with Crippen LogP contribution in [0.3, 0.4) is 0 Å². The summed E-state index contributed by atoms with van der Waals surface area (Å²) in [4.78, 5) is 4.33. The summed E-state index contributed by atoms with van der Waals surface area (Å²) in [6.45, 7) is 6.47. The number of aromatic nitrogens is 1. The van der Waals surface area contributed by atoms with Crippen molar-refractivity contribution in [3.8, 4) is 0 Å². The second-order valence-electron chi connectivity index (χ2n) is 4.01. The molecule has 0 saturated heterocycles. The maximum atomic E-state index is 11.9. The summed E-state index contributed by atoms with van der Waals surface area (Å²) in [5, 5.41) is 0. The molecule has 0 spiro atoms. The highest BCUT2D eigenvalue weighted by atomic mass is 32.2. The molecule has 5 heteroatoms. The summed E-state index contributed by atoms with van der Waals surface area (Å²) in [6.07, 6.45) is 0.639. The van der Waals surface area contributed by atoms with Gasteiger partial charge >= 0.3 is 0 Å². The molecular formula is C12H20N2O2S. The van der Waals surface area contributed by atoms with Gasteiger partial charge in [0.25, 0.3) is 0 Å². The molecule has 4 nitrogen and oxygen atoms in total. The van der Waals surface area contributed by atoms with Crippen LogP contribution in [-0.4, -0.2) is 30.0 Å². The number of rotatable bonds is 6. The van der Waals surface area contributed by atoms with E-state index in [1.165, 1.54) is 4.31 Å². The molecule has 0 N–H and O–H groups in total. The summed E-state index contributed by atoms with van der Waals surface area (Å²) in [6, 6.07) is 5.66. The predicted molar refractivity (Wildman–Crippen MR) is 69.1 cm³/mol. The molecule has 0 fully saturated rings. The zero-order chi connectivity index (χ0) is 12.9. The SMILES string of the molecule is CCCS(=O)(=O)N(CC)Cc1cccc(C)n1. The van der Waals surface area contributed by atoms with E-state index >= 15 is 0 Å². The maximum Gasteiger partial charge on any atom is 0.214 e.